The molecular weight excluding hydrogens is 528 g/mol. The highest BCUT2D eigenvalue weighted by molar-refractivity contribution is 9.09. The predicted octanol–water partition coefficient (Wildman–Crippen LogP) is 0.865. The van der Waals surface area contributed by atoms with Gasteiger partial charge in [-0.1, -0.05) is 21.9 Å². The van der Waals surface area contributed by atoms with Gasteiger partial charge in [-0.05, 0) is 12.8 Å². The van der Waals surface area contributed by atoms with E-state index in [1.54, 1.807) is 4.90 Å². The van der Waals surface area contributed by atoms with Crippen molar-refractivity contribution in [3.05, 3.63) is 27.8 Å². The molecule has 1 aromatic rings. The van der Waals surface area contributed by atoms with E-state index in [2.05, 4.69) is 21.9 Å². The molecule has 0 radical (unpaired) electrons. The molecule has 2 rings (SSSR count). The van der Waals surface area contributed by atoms with Crippen LogP contribution in [0, 0.1) is 22.5 Å². The lowest BCUT2D eigenvalue weighted by atomic mass is 10.1. The van der Waals surface area contributed by atoms with Crippen molar-refractivity contribution in [1.29, 1.82) is 0 Å². The summed E-state index contributed by atoms with van der Waals surface area (Å²) in [6.07, 6.45) is 7.41. The maximum absolute atomic E-state index is 13.5. The highest BCUT2D eigenvalue weighted by Crippen LogP contribution is 2.36. The second-order valence-electron chi connectivity index (χ2n) is 7.19. The summed E-state index contributed by atoms with van der Waals surface area (Å²) >= 11 is 3.29. The molecule has 0 saturated carbocycles. The zero-order valence-electron chi connectivity index (χ0n) is 17.4. The number of alkyl halides is 1. The number of terminal acetylenes is 1. The Balaban J connectivity index is 2.63. The van der Waals surface area contributed by atoms with Crippen LogP contribution in [0.1, 0.15) is 18.4 Å². The Bertz CT molecular complexity index is 1100. The quantitative estimate of drug-likeness (QED) is 0.146. The number of sulfonamides is 1. The van der Waals surface area contributed by atoms with Crippen molar-refractivity contribution >= 4 is 47.4 Å². The molecule has 0 atom stereocenters. The summed E-state index contributed by atoms with van der Waals surface area (Å²) in [6.45, 7) is 0.315. The van der Waals surface area contributed by atoms with Crippen LogP contribution in [0.25, 0.3) is 0 Å². The number of nitro groups is 1. The summed E-state index contributed by atoms with van der Waals surface area (Å²) in [4.78, 5) is 12.0. The van der Waals surface area contributed by atoms with E-state index in [1.165, 1.54) is 4.31 Å². The van der Waals surface area contributed by atoms with Crippen molar-refractivity contribution in [2.24, 2.45) is 5.73 Å². The zero-order chi connectivity index (χ0) is 24.1. The lowest BCUT2D eigenvalue weighted by molar-refractivity contribution is -0.385. The molecule has 0 amide bonds. The maximum atomic E-state index is 13.5. The Kier molecular flexibility index (Phi) is 9.03. The third-order valence-electron chi connectivity index (χ3n) is 4.87. The highest BCUT2D eigenvalue weighted by atomic mass is 79.9. The van der Waals surface area contributed by atoms with Gasteiger partial charge in [-0.2, -0.15) is 12.7 Å². The molecule has 14 heteroatoms. The summed E-state index contributed by atoms with van der Waals surface area (Å²) in [6, 6.07) is 1.99. The van der Waals surface area contributed by atoms with Gasteiger partial charge in [0.05, 0.1) is 29.0 Å². The molecule has 1 heterocycles. The molecule has 11 nitrogen and oxygen atoms in total. The van der Waals surface area contributed by atoms with Crippen molar-refractivity contribution in [3.63, 3.8) is 0 Å². The molecule has 1 saturated heterocycles. The number of piperidine rings is 1. The van der Waals surface area contributed by atoms with Crippen molar-refractivity contribution < 1.29 is 25.9 Å². The smallest absolute Gasteiger partial charge is 0.272 e. The van der Waals surface area contributed by atoms with Crippen molar-refractivity contribution in [3.8, 4) is 12.3 Å². The van der Waals surface area contributed by atoms with Gasteiger partial charge in [-0.25, -0.2) is 8.42 Å². The van der Waals surface area contributed by atoms with E-state index in [-0.39, 0.29) is 55.0 Å². The molecule has 1 aliphatic rings. The van der Waals surface area contributed by atoms with Crippen LogP contribution in [-0.2, 0) is 24.3 Å². The third kappa shape index (κ3) is 6.63. The molecule has 178 valence electrons. The lowest BCUT2D eigenvalue weighted by Crippen LogP contribution is -2.43. The summed E-state index contributed by atoms with van der Waals surface area (Å²) in [7, 11) is -7.88. The van der Waals surface area contributed by atoms with Crippen LogP contribution in [0.3, 0.4) is 0 Å². The SMILES string of the molecule is C#Cc1cc([N+](=O)[O-])cc(S(=O)(=O)N2CCC(N)CC2)c1N(CCBr)CCOS(C)(=O)=O. The maximum Gasteiger partial charge on any atom is 0.272 e. The van der Waals surface area contributed by atoms with Crippen molar-refractivity contribution in [2.75, 3.05) is 49.3 Å². The van der Waals surface area contributed by atoms with Crippen LogP contribution in [0.4, 0.5) is 11.4 Å². The molecule has 0 aliphatic carbocycles. The first kappa shape index (κ1) is 26.5. The number of hydrogen-bond acceptors (Lipinski definition) is 9. The largest absolute Gasteiger partial charge is 0.366 e. The van der Waals surface area contributed by atoms with Gasteiger partial charge in [0.2, 0.25) is 10.0 Å². The van der Waals surface area contributed by atoms with E-state index in [0.29, 0.717) is 18.2 Å². The first-order chi connectivity index (χ1) is 14.9. The van der Waals surface area contributed by atoms with E-state index in [9.17, 15) is 26.9 Å². The number of nitrogens with zero attached hydrogens (tertiary/aromatic N) is 3. The molecule has 1 fully saturated rings. The van der Waals surface area contributed by atoms with Crippen LogP contribution < -0.4 is 10.6 Å². The molecule has 0 bridgehead atoms. The van der Waals surface area contributed by atoms with E-state index >= 15 is 0 Å². The molecule has 0 unspecified atom stereocenters. The summed E-state index contributed by atoms with van der Waals surface area (Å²) in [5, 5.41) is 11.9. The number of nitrogens with two attached hydrogens (primary N) is 1. The van der Waals surface area contributed by atoms with E-state index in [1.807, 2.05) is 0 Å². The van der Waals surface area contributed by atoms with Gasteiger partial charge in [0.15, 0.2) is 0 Å². The van der Waals surface area contributed by atoms with E-state index in [0.717, 1.165) is 18.4 Å². The first-order valence-corrected chi connectivity index (χ1v) is 14.0. The van der Waals surface area contributed by atoms with Gasteiger partial charge >= 0.3 is 0 Å². The number of halogens is 1. The number of hydrogen-bond donors (Lipinski definition) is 1. The Morgan fingerprint density at radius 3 is 2.44 bits per heavy atom. The fraction of sp³-hybridized carbons (Fsp3) is 0.556. The van der Waals surface area contributed by atoms with Crippen LogP contribution >= 0.6 is 15.9 Å². The van der Waals surface area contributed by atoms with E-state index < -0.39 is 30.8 Å². The molecule has 1 aliphatic heterocycles. The van der Waals surface area contributed by atoms with Crippen molar-refractivity contribution in [1.82, 2.24) is 4.31 Å². The van der Waals surface area contributed by atoms with Crippen LogP contribution in [0.15, 0.2) is 17.0 Å². The summed E-state index contributed by atoms with van der Waals surface area (Å²) in [5.41, 5.74) is 5.52. The van der Waals surface area contributed by atoms with Gasteiger partial charge in [-0.3, -0.25) is 14.3 Å². The van der Waals surface area contributed by atoms with Gasteiger partial charge in [0.1, 0.15) is 4.90 Å². The Morgan fingerprint density at radius 2 is 1.94 bits per heavy atom. The summed E-state index contributed by atoms with van der Waals surface area (Å²) < 4.78 is 55.8. The average Bonchev–Trinajstić information content (AvgIpc) is 2.71. The Morgan fingerprint density at radius 1 is 1.31 bits per heavy atom. The lowest BCUT2D eigenvalue weighted by Gasteiger charge is -2.32. The second kappa shape index (κ2) is 10.9. The van der Waals surface area contributed by atoms with Crippen LogP contribution in [0.5, 0.6) is 0 Å². The van der Waals surface area contributed by atoms with Gasteiger partial charge < -0.3 is 10.6 Å². The average molecular weight is 553 g/mol. The highest BCUT2D eigenvalue weighted by Gasteiger charge is 2.34. The minimum atomic E-state index is -4.16. The Hall–Kier alpha value is -1.76. The van der Waals surface area contributed by atoms with Crippen LogP contribution in [-0.4, -0.2) is 76.5 Å². The fourth-order valence-corrected chi connectivity index (χ4v) is 5.85. The van der Waals surface area contributed by atoms with Gasteiger partial charge in [0.25, 0.3) is 15.8 Å². The second-order valence-corrected chi connectivity index (χ2v) is 11.5. The normalized spacial score (nSPS) is 15.9. The number of nitro benzene ring substituents is 1. The number of anilines is 1. The number of benzene rings is 1. The first-order valence-electron chi connectivity index (χ1n) is 9.60. The molecule has 1 aromatic carbocycles. The van der Waals surface area contributed by atoms with E-state index in [4.69, 9.17) is 16.3 Å². The third-order valence-corrected chi connectivity index (χ3v) is 7.73. The molecular formula is C18H25BrN4O7S2. The van der Waals surface area contributed by atoms with Crippen LogP contribution in [0.2, 0.25) is 0 Å². The topological polar surface area (TPSA) is 153 Å². The zero-order valence-corrected chi connectivity index (χ0v) is 20.7. The molecule has 32 heavy (non-hydrogen) atoms. The standard InChI is InChI=1S/C18H25BrN4O7S2/c1-3-14-12-16(23(24)25)13-17(32(28,29)22-7-4-15(20)5-8-22)18(14)21(9-6-19)10-11-30-31(2,26)27/h1,12-13,15H,4-11,20H2,2H3. The number of non-ortho nitro benzene ring substituents is 1. The monoisotopic (exact) mass is 552 g/mol. The minimum Gasteiger partial charge on any atom is -0.366 e. The number of rotatable bonds is 10. The molecule has 2 N–H and O–H groups in total. The van der Waals surface area contributed by atoms with Gasteiger partial charge in [-0.15, -0.1) is 6.42 Å². The van der Waals surface area contributed by atoms with Crippen molar-refractivity contribution in [2.45, 2.75) is 23.8 Å². The predicted molar refractivity (Wildman–Crippen MR) is 124 cm³/mol. The molecule has 0 aromatic heterocycles. The molecule has 0 spiro atoms. The fourth-order valence-electron chi connectivity index (χ4n) is 3.32. The van der Waals surface area contributed by atoms with Gasteiger partial charge in [0, 0.05) is 49.7 Å². The summed E-state index contributed by atoms with van der Waals surface area (Å²) in [5.74, 6) is 2.34. The Labute approximate surface area is 196 Å². The minimum absolute atomic E-state index is 0.00629.